The maximum absolute atomic E-state index is 12.4. The van der Waals surface area contributed by atoms with E-state index in [0.29, 0.717) is 10.8 Å². The fraction of sp³-hybridized carbons (Fsp3) is 0.438. The Kier molecular flexibility index (Phi) is 7.02. The monoisotopic (exact) mass is 402 g/mol. The number of urea groups is 1. The number of hydrogen-bond acceptors (Lipinski definition) is 7. The SMILES string of the molecule is CCOP(=O)(COc1ccc2sc(C(C)N(O)C(N)=O)cc2c1)OCC. The third-order valence-electron chi connectivity index (χ3n) is 3.55. The van der Waals surface area contributed by atoms with E-state index in [1.54, 1.807) is 32.9 Å². The molecule has 10 heteroatoms. The number of rotatable bonds is 9. The highest BCUT2D eigenvalue weighted by atomic mass is 32.1. The highest BCUT2D eigenvalue weighted by Gasteiger charge is 2.25. The number of carbonyl (C=O) groups is 1. The molecule has 1 heterocycles. The van der Waals surface area contributed by atoms with Crippen molar-refractivity contribution < 1.29 is 28.4 Å². The lowest BCUT2D eigenvalue weighted by atomic mass is 10.2. The van der Waals surface area contributed by atoms with Gasteiger partial charge in [0.1, 0.15) is 5.75 Å². The van der Waals surface area contributed by atoms with Crippen LogP contribution in [0, 0.1) is 0 Å². The minimum atomic E-state index is -3.29. The van der Waals surface area contributed by atoms with Crippen molar-refractivity contribution in [2.24, 2.45) is 5.73 Å². The second kappa shape index (κ2) is 8.83. The maximum atomic E-state index is 12.4. The molecule has 2 rings (SSSR count). The van der Waals surface area contributed by atoms with Crippen LogP contribution in [0.3, 0.4) is 0 Å². The number of carbonyl (C=O) groups excluding carboxylic acids is 1. The van der Waals surface area contributed by atoms with E-state index in [1.165, 1.54) is 11.3 Å². The molecule has 8 nitrogen and oxygen atoms in total. The van der Waals surface area contributed by atoms with Gasteiger partial charge in [-0.2, -0.15) is 5.06 Å². The fourth-order valence-corrected chi connectivity index (χ4v) is 4.71. The summed E-state index contributed by atoms with van der Waals surface area (Å²) in [6, 6.07) is 5.75. The molecule has 144 valence electrons. The van der Waals surface area contributed by atoms with Gasteiger partial charge in [0.2, 0.25) is 0 Å². The van der Waals surface area contributed by atoms with Crippen LogP contribution in [0.1, 0.15) is 31.7 Å². The van der Waals surface area contributed by atoms with Gasteiger partial charge in [-0.25, -0.2) is 4.79 Å². The predicted molar refractivity (Wildman–Crippen MR) is 99.8 cm³/mol. The molecule has 1 unspecified atom stereocenters. The van der Waals surface area contributed by atoms with Crippen LogP contribution in [0.4, 0.5) is 4.79 Å². The second-order valence-corrected chi connectivity index (χ2v) is 8.54. The van der Waals surface area contributed by atoms with Gasteiger partial charge < -0.3 is 19.5 Å². The molecule has 0 bridgehead atoms. The Balaban J connectivity index is 2.16. The molecule has 2 amide bonds. The lowest BCUT2D eigenvalue weighted by molar-refractivity contribution is -0.0700. The summed E-state index contributed by atoms with van der Waals surface area (Å²) in [4.78, 5) is 11.9. The molecule has 1 aromatic heterocycles. The summed E-state index contributed by atoms with van der Waals surface area (Å²) >= 11 is 1.43. The van der Waals surface area contributed by atoms with E-state index in [9.17, 15) is 14.6 Å². The van der Waals surface area contributed by atoms with E-state index >= 15 is 0 Å². The largest absolute Gasteiger partial charge is 0.481 e. The topological polar surface area (TPSA) is 111 Å². The van der Waals surface area contributed by atoms with Crippen LogP contribution in [0.2, 0.25) is 0 Å². The summed E-state index contributed by atoms with van der Waals surface area (Å²) in [5, 5.41) is 11.0. The molecule has 0 saturated carbocycles. The lowest BCUT2D eigenvalue weighted by Crippen LogP contribution is -2.34. The lowest BCUT2D eigenvalue weighted by Gasteiger charge is -2.18. The normalized spacial score (nSPS) is 12.9. The zero-order valence-electron chi connectivity index (χ0n) is 14.9. The molecule has 0 aliphatic carbocycles. The van der Waals surface area contributed by atoms with Crippen LogP contribution in [0.25, 0.3) is 10.1 Å². The molecule has 0 aliphatic heterocycles. The molecular formula is C16H23N2O6PS. The van der Waals surface area contributed by atoms with Gasteiger partial charge in [-0.05, 0) is 50.4 Å². The summed E-state index contributed by atoms with van der Waals surface area (Å²) in [6.07, 6.45) is -0.181. The van der Waals surface area contributed by atoms with Gasteiger partial charge in [-0.1, -0.05) is 0 Å². The van der Waals surface area contributed by atoms with Gasteiger partial charge in [0.15, 0.2) is 6.35 Å². The second-order valence-electron chi connectivity index (χ2n) is 5.43. The number of nitrogens with two attached hydrogens (primary N) is 1. The molecule has 0 saturated heterocycles. The Morgan fingerprint density at radius 2 is 1.96 bits per heavy atom. The molecule has 0 fully saturated rings. The van der Waals surface area contributed by atoms with E-state index in [-0.39, 0.29) is 19.6 Å². The number of nitrogens with zero attached hydrogens (tertiary/aromatic N) is 1. The van der Waals surface area contributed by atoms with Crippen LogP contribution in [-0.2, 0) is 13.6 Å². The van der Waals surface area contributed by atoms with Crippen molar-refractivity contribution in [3.8, 4) is 5.75 Å². The molecule has 0 aliphatic rings. The van der Waals surface area contributed by atoms with E-state index in [1.807, 2.05) is 12.1 Å². The molecule has 26 heavy (non-hydrogen) atoms. The molecule has 0 radical (unpaired) electrons. The summed E-state index contributed by atoms with van der Waals surface area (Å²) in [5.41, 5.74) is 5.09. The van der Waals surface area contributed by atoms with E-state index in [0.717, 1.165) is 15.0 Å². The number of primary amides is 1. The Labute approximate surface area is 155 Å². The summed E-state index contributed by atoms with van der Waals surface area (Å²) in [6.45, 7) is 5.68. The van der Waals surface area contributed by atoms with Gasteiger partial charge in [-0.15, -0.1) is 11.3 Å². The van der Waals surface area contributed by atoms with Crippen molar-refractivity contribution >= 4 is 35.0 Å². The van der Waals surface area contributed by atoms with Crippen LogP contribution in [0.5, 0.6) is 5.75 Å². The van der Waals surface area contributed by atoms with Gasteiger partial charge in [0, 0.05) is 9.58 Å². The van der Waals surface area contributed by atoms with E-state index < -0.39 is 19.7 Å². The van der Waals surface area contributed by atoms with Gasteiger partial charge in [-0.3, -0.25) is 9.77 Å². The van der Waals surface area contributed by atoms with Crippen molar-refractivity contribution in [1.29, 1.82) is 0 Å². The summed E-state index contributed by atoms with van der Waals surface area (Å²) < 4.78 is 29.4. The first-order valence-electron chi connectivity index (χ1n) is 8.11. The van der Waals surface area contributed by atoms with Gasteiger partial charge in [0.25, 0.3) is 0 Å². The van der Waals surface area contributed by atoms with Crippen molar-refractivity contribution in [2.75, 3.05) is 19.6 Å². The Bertz CT molecular complexity index is 801. The average Bonchev–Trinajstić information content (AvgIpc) is 3.02. The molecule has 1 atom stereocenters. The number of benzene rings is 1. The average molecular weight is 402 g/mol. The van der Waals surface area contributed by atoms with E-state index in [2.05, 4.69) is 0 Å². The fourth-order valence-electron chi connectivity index (χ4n) is 2.31. The first-order valence-corrected chi connectivity index (χ1v) is 10.7. The van der Waals surface area contributed by atoms with E-state index in [4.69, 9.17) is 19.5 Å². The third-order valence-corrected chi connectivity index (χ3v) is 6.59. The molecule has 0 spiro atoms. The smallest absolute Gasteiger partial charge is 0.367 e. The predicted octanol–water partition coefficient (Wildman–Crippen LogP) is 4.33. The van der Waals surface area contributed by atoms with Crippen LogP contribution in [0.15, 0.2) is 24.3 Å². The maximum Gasteiger partial charge on any atom is 0.367 e. The summed E-state index contributed by atoms with van der Waals surface area (Å²) in [5.74, 6) is 0.518. The molecule has 3 N–H and O–H groups in total. The Morgan fingerprint density at radius 3 is 2.54 bits per heavy atom. The Hall–Kier alpha value is -1.64. The molecule has 2 aromatic rings. The number of hydrogen-bond donors (Lipinski definition) is 2. The zero-order chi connectivity index (χ0) is 19.3. The molecular weight excluding hydrogens is 379 g/mol. The zero-order valence-corrected chi connectivity index (χ0v) is 16.6. The van der Waals surface area contributed by atoms with Crippen LogP contribution < -0.4 is 10.5 Å². The first-order chi connectivity index (χ1) is 12.3. The standard InChI is InChI=1S/C16H23N2O6PS/c1-4-23-25(21,24-5-2)10-22-13-6-7-14-12(8-13)9-15(26-14)11(3)18(20)16(17)19/h6-9,11,20H,4-5,10H2,1-3H3,(H2,17,19). The number of thiophene rings is 1. The van der Waals surface area contributed by atoms with Crippen molar-refractivity contribution in [3.05, 3.63) is 29.1 Å². The van der Waals surface area contributed by atoms with Crippen LogP contribution >= 0.6 is 18.9 Å². The van der Waals surface area contributed by atoms with Crippen molar-refractivity contribution in [3.63, 3.8) is 0 Å². The first kappa shape index (κ1) is 20.7. The number of amides is 2. The summed E-state index contributed by atoms with van der Waals surface area (Å²) in [7, 11) is -3.29. The number of hydroxylamine groups is 2. The number of fused-ring (bicyclic) bond motifs is 1. The van der Waals surface area contributed by atoms with Gasteiger partial charge >= 0.3 is 13.6 Å². The van der Waals surface area contributed by atoms with Crippen molar-refractivity contribution in [1.82, 2.24) is 5.06 Å². The highest BCUT2D eigenvalue weighted by Crippen LogP contribution is 2.48. The van der Waals surface area contributed by atoms with Gasteiger partial charge in [0.05, 0.1) is 19.3 Å². The Morgan fingerprint density at radius 1 is 1.31 bits per heavy atom. The minimum absolute atomic E-state index is 0.181. The van der Waals surface area contributed by atoms with Crippen molar-refractivity contribution in [2.45, 2.75) is 26.8 Å². The third kappa shape index (κ3) is 4.96. The van der Waals surface area contributed by atoms with Crippen LogP contribution in [-0.4, -0.2) is 35.9 Å². The minimum Gasteiger partial charge on any atom is -0.481 e. The number of ether oxygens (including phenoxy) is 1. The highest BCUT2D eigenvalue weighted by molar-refractivity contribution is 7.53. The molecule has 1 aromatic carbocycles. The quantitative estimate of drug-likeness (QED) is 0.367.